The van der Waals surface area contributed by atoms with Crippen LogP contribution in [0, 0.1) is 0 Å². The summed E-state index contributed by atoms with van der Waals surface area (Å²) in [6, 6.07) is 15.6. The van der Waals surface area contributed by atoms with Gasteiger partial charge in [-0.1, -0.05) is 25.1 Å². The summed E-state index contributed by atoms with van der Waals surface area (Å²) >= 11 is 0. The maximum absolute atomic E-state index is 12.0. The molecule has 8 heteroatoms. The van der Waals surface area contributed by atoms with Crippen molar-refractivity contribution in [2.45, 2.75) is 11.8 Å². The van der Waals surface area contributed by atoms with Gasteiger partial charge < -0.3 is 10.8 Å². The number of aromatic carboxylic acids is 1. The summed E-state index contributed by atoms with van der Waals surface area (Å²) in [5, 5.41) is 10.0. The molecule has 0 aliphatic rings. The van der Waals surface area contributed by atoms with Crippen LogP contribution >= 0.6 is 0 Å². The third kappa shape index (κ3) is 3.97. The second-order valence-corrected chi connectivity index (χ2v) is 9.30. The highest BCUT2D eigenvalue weighted by Gasteiger charge is 2.13. The molecule has 0 saturated carbocycles. The molecule has 4 rings (SSSR count). The summed E-state index contributed by atoms with van der Waals surface area (Å²) in [6.07, 6.45) is 2.90. The van der Waals surface area contributed by atoms with Crippen molar-refractivity contribution in [1.29, 1.82) is 0 Å². The number of carboxylic acid groups (broad SMARTS) is 1. The molecular weight excluding hydrogens is 414 g/mol. The van der Waals surface area contributed by atoms with Gasteiger partial charge in [0.25, 0.3) is 0 Å². The Labute approximate surface area is 179 Å². The van der Waals surface area contributed by atoms with Gasteiger partial charge in [0.1, 0.15) is 5.82 Å². The minimum absolute atomic E-state index is 0.0345. The van der Waals surface area contributed by atoms with Crippen LogP contribution in [-0.4, -0.2) is 35.2 Å². The number of pyridine rings is 2. The largest absolute Gasteiger partial charge is 0.478 e. The van der Waals surface area contributed by atoms with Crippen LogP contribution in [0.4, 0.5) is 5.82 Å². The van der Waals surface area contributed by atoms with Crippen LogP contribution in [0.1, 0.15) is 17.3 Å². The van der Waals surface area contributed by atoms with Crippen molar-refractivity contribution in [3.05, 3.63) is 72.6 Å². The zero-order valence-electron chi connectivity index (χ0n) is 16.6. The fraction of sp³-hybridized carbons (Fsp3) is 0.0870. The first-order valence-corrected chi connectivity index (χ1v) is 11.2. The normalized spacial score (nSPS) is 11.5. The lowest BCUT2D eigenvalue weighted by molar-refractivity contribution is 0.0696. The van der Waals surface area contributed by atoms with Crippen molar-refractivity contribution in [3.63, 3.8) is 0 Å². The number of rotatable bonds is 5. The molecule has 0 atom stereocenters. The van der Waals surface area contributed by atoms with Crippen molar-refractivity contribution in [1.82, 2.24) is 9.97 Å². The van der Waals surface area contributed by atoms with E-state index in [4.69, 9.17) is 5.73 Å². The number of aromatic nitrogens is 2. The number of fused-ring (bicyclic) bond motifs is 1. The monoisotopic (exact) mass is 433 g/mol. The van der Waals surface area contributed by atoms with Gasteiger partial charge in [-0.25, -0.2) is 18.2 Å². The van der Waals surface area contributed by atoms with Crippen molar-refractivity contribution in [3.8, 4) is 22.3 Å². The topological polar surface area (TPSA) is 123 Å². The number of hydrogen-bond acceptors (Lipinski definition) is 6. The van der Waals surface area contributed by atoms with Gasteiger partial charge in [0.2, 0.25) is 0 Å². The lowest BCUT2D eigenvalue weighted by Gasteiger charge is -2.10. The molecule has 2 aromatic heterocycles. The Morgan fingerprint density at radius 3 is 2.35 bits per heavy atom. The summed E-state index contributed by atoms with van der Waals surface area (Å²) in [4.78, 5) is 20.0. The van der Waals surface area contributed by atoms with Crippen molar-refractivity contribution < 1.29 is 18.3 Å². The fourth-order valence-electron chi connectivity index (χ4n) is 3.33. The van der Waals surface area contributed by atoms with Gasteiger partial charge >= 0.3 is 5.97 Å². The molecule has 3 N–H and O–H groups in total. The van der Waals surface area contributed by atoms with E-state index in [1.807, 2.05) is 24.3 Å². The predicted molar refractivity (Wildman–Crippen MR) is 120 cm³/mol. The molecule has 31 heavy (non-hydrogen) atoms. The van der Waals surface area contributed by atoms with Crippen LogP contribution in [0.5, 0.6) is 0 Å². The molecule has 0 aliphatic carbocycles. The van der Waals surface area contributed by atoms with E-state index in [9.17, 15) is 18.3 Å². The summed E-state index contributed by atoms with van der Waals surface area (Å²) in [5.41, 5.74) is 9.87. The smallest absolute Gasteiger partial charge is 0.337 e. The number of carboxylic acids is 1. The Kier molecular flexibility index (Phi) is 5.16. The molecule has 0 unspecified atom stereocenters. The zero-order valence-corrected chi connectivity index (χ0v) is 17.4. The van der Waals surface area contributed by atoms with Gasteiger partial charge in [-0.3, -0.25) is 4.98 Å². The Morgan fingerprint density at radius 1 is 0.968 bits per heavy atom. The molecule has 0 fully saturated rings. The van der Waals surface area contributed by atoms with Crippen molar-refractivity contribution in [2.75, 3.05) is 11.5 Å². The van der Waals surface area contributed by atoms with Crippen LogP contribution in [0.2, 0.25) is 0 Å². The first kappa shape index (κ1) is 20.5. The van der Waals surface area contributed by atoms with E-state index in [0.29, 0.717) is 22.5 Å². The fourth-order valence-corrected chi connectivity index (χ4v) is 4.21. The predicted octanol–water partition coefficient (Wildman–Crippen LogP) is 4.04. The Hall–Kier alpha value is -3.78. The standard InChI is InChI=1S/C23H19N3O4S/c1-2-31(29,30)19-6-3-14(4-7-19)20-11-16-9-15(5-8-21(16)26-22(20)24)17-10-18(23(27)28)13-25-12-17/h3-13H,2H2,1H3,(H2,24,26)(H,27,28). The maximum Gasteiger partial charge on any atom is 0.337 e. The number of nitrogen functional groups attached to an aromatic ring is 1. The molecule has 4 aromatic rings. The summed E-state index contributed by atoms with van der Waals surface area (Å²) in [6.45, 7) is 1.60. The molecule has 156 valence electrons. The van der Waals surface area contributed by atoms with Crippen LogP contribution in [0.15, 0.2) is 71.9 Å². The Bertz CT molecular complexity index is 1410. The molecule has 7 nitrogen and oxygen atoms in total. The molecular formula is C23H19N3O4S. The minimum Gasteiger partial charge on any atom is -0.478 e. The van der Waals surface area contributed by atoms with E-state index < -0.39 is 15.8 Å². The first-order valence-electron chi connectivity index (χ1n) is 9.50. The molecule has 0 aliphatic heterocycles. The van der Waals surface area contributed by atoms with E-state index >= 15 is 0 Å². The highest BCUT2D eigenvalue weighted by Crippen LogP contribution is 2.31. The van der Waals surface area contributed by atoms with Gasteiger partial charge in [0.05, 0.1) is 21.7 Å². The maximum atomic E-state index is 12.0. The lowest BCUT2D eigenvalue weighted by Crippen LogP contribution is -2.03. The van der Waals surface area contributed by atoms with Gasteiger partial charge in [0.15, 0.2) is 9.84 Å². The number of benzene rings is 2. The van der Waals surface area contributed by atoms with Gasteiger partial charge in [-0.15, -0.1) is 0 Å². The van der Waals surface area contributed by atoms with E-state index in [-0.39, 0.29) is 16.2 Å². The number of sulfone groups is 1. The lowest BCUT2D eigenvalue weighted by atomic mass is 10.0. The molecule has 0 amide bonds. The molecule has 0 bridgehead atoms. The molecule has 0 radical (unpaired) electrons. The summed E-state index contributed by atoms with van der Waals surface area (Å²) in [7, 11) is -3.28. The highest BCUT2D eigenvalue weighted by molar-refractivity contribution is 7.91. The van der Waals surface area contributed by atoms with Crippen LogP contribution in [-0.2, 0) is 9.84 Å². The molecule has 0 spiro atoms. The first-order chi connectivity index (χ1) is 14.8. The van der Waals surface area contributed by atoms with Gasteiger partial charge in [0, 0.05) is 28.9 Å². The van der Waals surface area contributed by atoms with E-state index in [1.165, 1.54) is 6.20 Å². The average Bonchev–Trinajstić information content (AvgIpc) is 2.78. The van der Waals surface area contributed by atoms with Gasteiger partial charge in [-0.2, -0.15) is 0 Å². The van der Waals surface area contributed by atoms with Gasteiger partial charge in [-0.05, 0) is 47.5 Å². The summed E-state index contributed by atoms with van der Waals surface area (Å²) in [5.74, 6) is -0.673. The number of nitrogens with zero attached hydrogens (tertiary/aromatic N) is 2. The second kappa shape index (κ2) is 7.81. The van der Waals surface area contributed by atoms with Crippen LogP contribution < -0.4 is 5.73 Å². The van der Waals surface area contributed by atoms with E-state index in [0.717, 1.165) is 16.5 Å². The third-order valence-electron chi connectivity index (χ3n) is 5.07. The zero-order chi connectivity index (χ0) is 22.2. The van der Waals surface area contributed by atoms with E-state index in [2.05, 4.69) is 9.97 Å². The van der Waals surface area contributed by atoms with Crippen LogP contribution in [0.3, 0.4) is 0 Å². The quantitative estimate of drug-likeness (QED) is 0.487. The Balaban J connectivity index is 1.79. The number of nitrogens with two attached hydrogens (primary N) is 1. The minimum atomic E-state index is -3.28. The number of anilines is 1. The number of carbonyl (C=O) groups is 1. The van der Waals surface area contributed by atoms with E-state index in [1.54, 1.807) is 43.5 Å². The molecule has 2 aromatic carbocycles. The summed E-state index contributed by atoms with van der Waals surface area (Å²) < 4.78 is 24.1. The second-order valence-electron chi connectivity index (χ2n) is 7.02. The average molecular weight is 433 g/mol. The third-order valence-corrected chi connectivity index (χ3v) is 6.82. The van der Waals surface area contributed by atoms with Crippen molar-refractivity contribution >= 4 is 32.5 Å². The highest BCUT2D eigenvalue weighted by atomic mass is 32.2. The number of hydrogen-bond donors (Lipinski definition) is 2. The molecule has 2 heterocycles. The van der Waals surface area contributed by atoms with Crippen LogP contribution in [0.25, 0.3) is 33.2 Å². The van der Waals surface area contributed by atoms with Crippen molar-refractivity contribution in [2.24, 2.45) is 0 Å². The Morgan fingerprint density at radius 2 is 1.68 bits per heavy atom. The molecule has 0 saturated heterocycles. The SMILES string of the molecule is CCS(=O)(=O)c1ccc(-c2cc3cc(-c4cncc(C(=O)O)c4)ccc3nc2N)cc1.